The maximum Gasteiger partial charge on any atom is 0.179 e. The zero-order chi connectivity index (χ0) is 11.6. The van der Waals surface area contributed by atoms with Crippen LogP contribution in [0.4, 0.5) is 4.39 Å². The molecule has 0 heterocycles. The lowest BCUT2D eigenvalue weighted by molar-refractivity contribution is 0.226. The van der Waals surface area contributed by atoms with Crippen LogP contribution in [-0.4, -0.2) is 18.3 Å². The molecule has 1 aromatic carbocycles. The van der Waals surface area contributed by atoms with Gasteiger partial charge in [0.05, 0.1) is 13.2 Å². The van der Waals surface area contributed by atoms with Gasteiger partial charge in [-0.25, -0.2) is 4.39 Å². The Kier molecular flexibility index (Phi) is 3.79. The Bertz CT molecular complexity index is 366. The zero-order valence-electron chi connectivity index (χ0n) is 8.67. The largest absolute Gasteiger partial charge is 0.504 e. The van der Waals surface area contributed by atoms with Crippen LogP contribution in [0.25, 0.3) is 0 Å². The molecule has 0 aliphatic heterocycles. The van der Waals surface area contributed by atoms with Crippen LogP contribution in [-0.2, 0) is 0 Å². The van der Waals surface area contributed by atoms with Crippen LogP contribution in [0.1, 0.15) is 13.8 Å². The van der Waals surface area contributed by atoms with Crippen LogP contribution in [0, 0.1) is 5.82 Å². The van der Waals surface area contributed by atoms with Gasteiger partial charge in [0.25, 0.3) is 0 Å². The number of methoxy groups -OCH3 is 1. The monoisotopic (exact) mass is 278 g/mol. The highest BCUT2D eigenvalue weighted by Crippen LogP contribution is 2.43. The van der Waals surface area contributed by atoms with E-state index in [4.69, 9.17) is 9.47 Å². The van der Waals surface area contributed by atoms with E-state index in [9.17, 15) is 9.50 Å². The van der Waals surface area contributed by atoms with Crippen molar-refractivity contribution in [3.8, 4) is 17.2 Å². The minimum absolute atomic E-state index is 0.0972. The van der Waals surface area contributed by atoms with E-state index in [0.29, 0.717) is 5.75 Å². The quantitative estimate of drug-likeness (QED) is 0.924. The van der Waals surface area contributed by atoms with Gasteiger partial charge in [-0.3, -0.25) is 0 Å². The molecule has 5 heteroatoms. The van der Waals surface area contributed by atoms with Crippen molar-refractivity contribution < 1.29 is 19.0 Å². The van der Waals surface area contributed by atoms with Crippen molar-refractivity contribution in [1.82, 2.24) is 0 Å². The van der Waals surface area contributed by atoms with Gasteiger partial charge in [-0.05, 0) is 29.8 Å². The third-order valence-electron chi connectivity index (χ3n) is 1.69. The lowest BCUT2D eigenvalue weighted by Crippen LogP contribution is -2.07. The molecule has 84 valence electrons. The number of benzene rings is 1. The molecule has 0 amide bonds. The minimum atomic E-state index is -0.755. The predicted octanol–water partition coefficient (Wildman–Crippen LogP) is 3.09. The summed E-state index contributed by atoms with van der Waals surface area (Å²) in [4.78, 5) is 0. The number of hydrogen-bond acceptors (Lipinski definition) is 3. The number of ether oxygens (including phenoxy) is 2. The van der Waals surface area contributed by atoms with E-state index in [-0.39, 0.29) is 16.3 Å². The van der Waals surface area contributed by atoms with Crippen LogP contribution in [0.5, 0.6) is 17.2 Å². The van der Waals surface area contributed by atoms with Crippen LogP contribution in [0.2, 0.25) is 0 Å². The highest BCUT2D eigenvalue weighted by atomic mass is 79.9. The highest BCUT2D eigenvalue weighted by Gasteiger charge is 2.18. The summed E-state index contributed by atoms with van der Waals surface area (Å²) in [6, 6.07) is 1.08. The first-order chi connectivity index (χ1) is 6.97. The van der Waals surface area contributed by atoms with Gasteiger partial charge in [0.2, 0.25) is 0 Å². The fraction of sp³-hybridized carbons (Fsp3) is 0.400. The van der Waals surface area contributed by atoms with Gasteiger partial charge < -0.3 is 14.6 Å². The lowest BCUT2D eigenvalue weighted by Gasteiger charge is -2.16. The summed E-state index contributed by atoms with van der Waals surface area (Å²) in [5.41, 5.74) is 0. The molecule has 0 unspecified atom stereocenters. The maximum absolute atomic E-state index is 13.1. The molecule has 0 atom stereocenters. The molecule has 0 aliphatic rings. The van der Waals surface area contributed by atoms with Crippen molar-refractivity contribution in [2.24, 2.45) is 0 Å². The molecule has 0 saturated heterocycles. The fourth-order valence-electron chi connectivity index (χ4n) is 1.07. The van der Waals surface area contributed by atoms with Gasteiger partial charge in [0.15, 0.2) is 23.1 Å². The summed E-state index contributed by atoms with van der Waals surface area (Å²) >= 11 is 3.06. The van der Waals surface area contributed by atoms with Gasteiger partial charge in [-0.2, -0.15) is 0 Å². The molecular formula is C10H12BrFO3. The Hall–Kier alpha value is -0.970. The molecule has 0 spiro atoms. The molecule has 0 aliphatic carbocycles. The van der Waals surface area contributed by atoms with E-state index < -0.39 is 11.6 Å². The SMILES string of the molecule is COc1cc(F)c(O)c(Br)c1OC(C)C. The highest BCUT2D eigenvalue weighted by molar-refractivity contribution is 9.10. The second-order valence-electron chi connectivity index (χ2n) is 3.22. The van der Waals surface area contributed by atoms with Crippen LogP contribution in [0.15, 0.2) is 10.5 Å². The molecule has 0 saturated carbocycles. The van der Waals surface area contributed by atoms with E-state index in [1.54, 1.807) is 0 Å². The average Bonchev–Trinajstić information content (AvgIpc) is 2.18. The zero-order valence-corrected chi connectivity index (χ0v) is 10.3. The summed E-state index contributed by atoms with van der Waals surface area (Å²) in [6.45, 7) is 3.65. The Morgan fingerprint density at radius 3 is 2.53 bits per heavy atom. The van der Waals surface area contributed by atoms with Crippen LogP contribution in [0.3, 0.4) is 0 Å². The first-order valence-corrected chi connectivity index (χ1v) is 5.18. The fourth-order valence-corrected chi connectivity index (χ4v) is 1.54. The van der Waals surface area contributed by atoms with Crippen molar-refractivity contribution in [2.75, 3.05) is 7.11 Å². The first kappa shape index (κ1) is 12.1. The number of rotatable bonds is 3. The second kappa shape index (κ2) is 4.70. The predicted molar refractivity (Wildman–Crippen MR) is 58.1 cm³/mol. The summed E-state index contributed by atoms with van der Waals surface area (Å²) in [6.07, 6.45) is -0.0972. The van der Waals surface area contributed by atoms with Crippen LogP contribution < -0.4 is 9.47 Å². The topological polar surface area (TPSA) is 38.7 Å². The molecule has 15 heavy (non-hydrogen) atoms. The summed E-state index contributed by atoms with van der Waals surface area (Å²) < 4.78 is 23.7. The van der Waals surface area contributed by atoms with Gasteiger partial charge in [-0.15, -0.1) is 0 Å². The van der Waals surface area contributed by atoms with Crippen molar-refractivity contribution in [3.05, 3.63) is 16.4 Å². The van der Waals surface area contributed by atoms with E-state index in [2.05, 4.69) is 15.9 Å². The average molecular weight is 279 g/mol. The van der Waals surface area contributed by atoms with Crippen molar-refractivity contribution >= 4 is 15.9 Å². The molecule has 1 aromatic rings. The van der Waals surface area contributed by atoms with Gasteiger partial charge >= 0.3 is 0 Å². The number of hydrogen-bond donors (Lipinski definition) is 1. The molecule has 1 N–H and O–H groups in total. The molecule has 3 nitrogen and oxygen atoms in total. The van der Waals surface area contributed by atoms with Crippen molar-refractivity contribution in [2.45, 2.75) is 20.0 Å². The summed E-state index contributed by atoms with van der Waals surface area (Å²) in [5, 5.41) is 9.36. The van der Waals surface area contributed by atoms with Crippen molar-refractivity contribution in [3.63, 3.8) is 0 Å². The molecule has 1 rings (SSSR count). The van der Waals surface area contributed by atoms with E-state index in [0.717, 1.165) is 6.07 Å². The van der Waals surface area contributed by atoms with E-state index in [1.165, 1.54) is 7.11 Å². The number of aromatic hydroxyl groups is 1. The Balaban J connectivity index is 3.27. The molecule has 0 radical (unpaired) electrons. The lowest BCUT2D eigenvalue weighted by atomic mass is 10.3. The third kappa shape index (κ3) is 2.53. The second-order valence-corrected chi connectivity index (χ2v) is 4.01. The molecule has 0 aromatic heterocycles. The molecule has 0 bridgehead atoms. The smallest absolute Gasteiger partial charge is 0.179 e. The summed E-state index contributed by atoms with van der Waals surface area (Å²) in [5.74, 6) is -0.696. The maximum atomic E-state index is 13.1. The van der Waals surface area contributed by atoms with Gasteiger partial charge in [-0.1, -0.05) is 0 Å². The molecular weight excluding hydrogens is 267 g/mol. The normalized spacial score (nSPS) is 10.5. The number of halogens is 2. The third-order valence-corrected chi connectivity index (χ3v) is 2.42. The van der Waals surface area contributed by atoms with Gasteiger partial charge in [0.1, 0.15) is 4.47 Å². The Morgan fingerprint density at radius 1 is 1.47 bits per heavy atom. The van der Waals surface area contributed by atoms with Crippen molar-refractivity contribution in [1.29, 1.82) is 0 Å². The Labute approximate surface area is 95.9 Å². The van der Waals surface area contributed by atoms with Gasteiger partial charge in [0, 0.05) is 6.07 Å². The van der Waals surface area contributed by atoms with Crippen LogP contribution >= 0.6 is 15.9 Å². The minimum Gasteiger partial charge on any atom is -0.504 e. The standard InChI is InChI=1S/C10H12BrFO3/c1-5(2)15-10-7(14-3)4-6(12)9(13)8(10)11/h4-5,13H,1-3H3. The number of phenols is 1. The number of phenolic OH excluding ortho intramolecular Hbond substituents is 1. The summed E-state index contributed by atoms with van der Waals surface area (Å²) in [7, 11) is 1.41. The first-order valence-electron chi connectivity index (χ1n) is 4.39. The van der Waals surface area contributed by atoms with E-state index in [1.807, 2.05) is 13.8 Å². The van der Waals surface area contributed by atoms with E-state index >= 15 is 0 Å². The Morgan fingerprint density at radius 2 is 2.07 bits per heavy atom. The molecule has 0 fully saturated rings.